The van der Waals surface area contributed by atoms with Gasteiger partial charge >= 0.3 is 6.03 Å². The van der Waals surface area contributed by atoms with Gasteiger partial charge in [0.15, 0.2) is 0 Å². The Morgan fingerprint density at radius 2 is 1.79 bits per heavy atom. The van der Waals surface area contributed by atoms with Crippen molar-refractivity contribution in [3.8, 4) is 0 Å². The molecule has 1 N–H and O–H groups in total. The SMILES string of the molecule is COCC(=O)N1CCCN(C(=O)Nc2ccc3c(c2)CCC3)CC1. The third kappa shape index (κ3) is 3.87. The van der Waals surface area contributed by atoms with Crippen molar-refractivity contribution in [2.45, 2.75) is 25.7 Å². The molecule has 130 valence electrons. The van der Waals surface area contributed by atoms with E-state index in [2.05, 4.69) is 17.4 Å². The second kappa shape index (κ2) is 7.66. The zero-order chi connectivity index (χ0) is 16.9. The molecule has 1 aromatic carbocycles. The van der Waals surface area contributed by atoms with Crippen LogP contribution >= 0.6 is 0 Å². The lowest BCUT2D eigenvalue weighted by Crippen LogP contribution is -2.40. The van der Waals surface area contributed by atoms with E-state index in [0.29, 0.717) is 26.2 Å². The fourth-order valence-corrected chi connectivity index (χ4v) is 3.44. The van der Waals surface area contributed by atoms with E-state index >= 15 is 0 Å². The second-order valence-electron chi connectivity index (χ2n) is 6.42. The first-order valence-corrected chi connectivity index (χ1v) is 8.62. The number of carbonyl (C=O) groups is 2. The molecule has 1 saturated heterocycles. The first-order chi connectivity index (χ1) is 11.7. The molecule has 1 aliphatic heterocycles. The quantitative estimate of drug-likeness (QED) is 0.920. The van der Waals surface area contributed by atoms with Gasteiger partial charge in [-0.3, -0.25) is 4.79 Å². The summed E-state index contributed by atoms with van der Waals surface area (Å²) >= 11 is 0. The minimum atomic E-state index is -0.0889. The van der Waals surface area contributed by atoms with Crippen LogP contribution in [0, 0.1) is 0 Å². The van der Waals surface area contributed by atoms with E-state index in [4.69, 9.17) is 4.74 Å². The normalized spacial score (nSPS) is 17.4. The maximum absolute atomic E-state index is 12.5. The monoisotopic (exact) mass is 331 g/mol. The van der Waals surface area contributed by atoms with Gasteiger partial charge in [0.25, 0.3) is 0 Å². The van der Waals surface area contributed by atoms with Gasteiger partial charge in [-0.1, -0.05) is 6.07 Å². The molecule has 1 aromatic rings. The number of benzene rings is 1. The number of nitrogens with one attached hydrogen (secondary N) is 1. The highest BCUT2D eigenvalue weighted by Gasteiger charge is 2.22. The van der Waals surface area contributed by atoms with E-state index < -0.39 is 0 Å². The summed E-state index contributed by atoms with van der Waals surface area (Å²) in [6, 6.07) is 6.10. The summed E-state index contributed by atoms with van der Waals surface area (Å²) in [4.78, 5) is 28.0. The molecule has 24 heavy (non-hydrogen) atoms. The van der Waals surface area contributed by atoms with E-state index in [9.17, 15) is 9.59 Å². The molecule has 0 aromatic heterocycles. The molecule has 0 bridgehead atoms. The van der Waals surface area contributed by atoms with Crippen molar-refractivity contribution in [3.63, 3.8) is 0 Å². The number of hydrogen-bond acceptors (Lipinski definition) is 3. The van der Waals surface area contributed by atoms with Crippen LogP contribution < -0.4 is 5.32 Å². The Bertz CT molecular complexity index is 618. The topological polar surface area (TPSA) is 61.9 Å². The fourth-order valence-electron chi connectivity index (χ4n) is 3.44. The van der Waals surface area contributed by atoms with E-state index in [1.807, 2.05) is 6.07 Å². The van der Waals surface area contributed by atoms with Gasteiger partial charge in [0.1, 0.15) is 6.61 Å². The van der Waals surface area contributed by atoms with Crippen LogP contribution in [-0.4, -0.2) is 61.6 Å². The van der Waals surface area contributed by atoms with E-state index in [0.717, 1.165) is 24.9 Å². The standard InChI is InChI=1S/C18H25N3O3/c1-24-13-17(22)20-8-3-9-21(11-10-20)18(23)19-16-7-6-14-4-2-5-15(14)12-16/h6-7,12H,2-5,8-11,13H2,1H3,(H,19,23). The van der Waals surface area contributed by atoms with Crippen molar-refractivity contribution < 1.29 is 14.3 Å². The third-order valence-corrected chi connectivity index (χ3v) is 4.75. The van der Waals surface area contributed by atoms with E-state index in [1.54, 1.807) is 9.80 Å². The van der Waals surface area contributed by atoms with Crippen LogP contribution in [0.3, 0.4) is 0 Å². The number of rotatable bonds is 3. The Kier molecular flexibility index (Phi) is 5.35. The molecule has 2 aliphatic rings. The van der Waals surface area contributed by atoms with Gasteiger partial charge in [-0.05, 0) is 48.9 Å². The van der Waals surface area contributed by atoms with Crippen molar-refractivity contribution >= 4 is 17.6 Å². The summed E-state index contributed by atoms with van der Waals surface area (Å²) in [5, 5.41) is 3.00. The van der Waals surface area contributed by atoms with Gasteiger partial charge in [0.2, 0.25) is 5.91 Å². The van der Waals surface area contributed by atoms with Gasteiger partial charge in [0, 0.05) is 39.0 Å². The third-order valence-electron chi connectivity index (χ3n) is 4.75. The molecular formula is C18H25N3O3. The minimum Gasteiger partial charge on any atom is -0.375 e. The molecule has 3 rings (SSSR count). The maximum atomic E-state index is 12.5. The highest BCUT2D eigenvalue weighted by Crippen LogP contribution is 2.25. The molecule has 0 saturated carbocycles. The first kappa shape index (κ1) is 16.8. The number of ether oxygens (including phenoxy) is 1. The lowest BCUT2D eigenvalue weighted by Gasteiger charge is -2.22. The molecule has 0 spiro atoms. The highest BCUT2D eigenvalue weighted by atomic mass is 16.5. The fraction of sp³-hybridized carbons (Fsp3) is 0.556. The largest absolute Gasteiger partial charge is 0.375 e. The lowest BCUT2D eigenvalue weighted by atomic mass is 10.1. The Hall–Kier alpha value is -2.08. The smallest absolute Gasteiger partial charge is 0.321 e. The number of fused-ring (bicyclic) bond motifs is 1. The Morgan fingerprint density at radius 1 is 1.04 bits per heavy atom. The number of anilines is 1. The van der Waals surface area contributed by atoms with E-state index in [1.165, 1.54) is 24.7 Å². The van der Waals surface area contributed by atoms with Gasteiger partial charge in [-0.15, -0.1) is 0 Å². The van der Waals surface area contributed by atoms with Crippen LogP contribution in [-0.2, 0) is 22.4 Å². The van der Waals surface area contributed by atoms with Gasteiger partial charge in [-0.2, -0.15) is 0 Å². The highest BCUT2D eigenvalue weighted by molar-refractivity contribution is 5.89. The maximum Gasteiger partial charge on any atom is 0.321 e. The predicted molar refractivity (Wildman–Crippen MR) is 92.1 cm³/mol. The zero-order valence-electron chi connectivity index (χ0n) is 14.2. The van der Waals surface area contributed by atoms with Crippen molar-refractivity contribution in [3.05, 3.63) is 29.3 Å². The predicted octanol–water partition coefficient (Wildman–Crippen LogP) is 1.89. The van der Waals surface area contributed by atoms with E-state index in [-0.39, 0.29) is 18.5 Å². The summed E-state index contributed by atoms with van der Waals surface area (Å²) in [5.41, 5.74) is 3.60. The summed E-state index contributed by atoms with van der Waals surface area (Å²) in [6.45, 7) is 2.53. The number of carbonyl (C=O) groups excluding carboxylic acids is 2. The molecule has 1 heterocycles. The van der Waals surface area contributed by atoms with Crippen LogP contribution in [0.15, 0.2) is 18.2 Å². The lowest BCUT2D eigenvalue weighted by molar-refractivity contribution is -0.134. The zero-order valence-corrected chi connectivity index (χ0v) is 14.2. The van der Waals surface area contributed by atoms with Gasteiger partial charge in [-0.25, -0.2) is 4.79 Å². The number of nitrogens with zero attached hydrogens (tertiary/aromatic N) is 2. The Morgan fingerprint density at radius 3 is 2.62 bits per heavy atom. The van der Waals surface area contributed by atoms with Crippen LogP contribution in [0.2, 0.25) is 0 Å². The molecule has 6 nitrogen and oxygen atoms in total. The minimum absolute atomic E-state index is 0.0154. The molecule has 0 radical (unpaired) electrons. The van der Waals surface area contributed by atoms with Crippen LogP contribution in [0.4, 0.5) is 10.5 Å². The van der Waals surface area contributed by atoms with Crippen molar-refractivity contribution in [1.82, 2.24) is 9.80 Å². The first-order valence-electron chi connectivity index (χ1n) is 8.62. The van der Waals surface area contributed by atoms with Crippen LogP contribution in [0.1, 0.15) is 24.0 Å². The number of urea groups is 1. The molecular weight excluding hydrogens is 306 g/mol. The van der Waals surface area contributed by atoms with Crippen molar-refractivity contribution in [1.29, 1.82) is 0 Å². The molecule has 1 fully saturated rings. The van der Waals surface area contributed by atoms with Crippen molar-refractivity contribution in [2.75, 3.05) is 45.2 Å². The molecule has 6 heteroatoms. The summed E-state index contributed by atoms with van der Waals surface area (Å²) in [7, 11) is 1.52. The molecule has 0 atom stereocenters. The summed E-state index contributed by atoms with van der Waals surface area (Å²) in [6.07, 6.45) is 4.22. The van der Waals surface area contributed by atoms with Gasteiger partial charge < -0.3 is 19.9 Å². The molecule has 1 aliphatic carbocycles. The summed E-state index contributed by atoms with van der Waals surface area (Å²) < 4.78 is 4.90. The molecule has 3 amide bonds. The van der Waals surface area contributed by atoms with Crippen LogP contribution in [0.25, 0.3) is 0 Å². The Labute approximate surface area is 142 Å². The average Bonchev–Trinajstić information content (AvgIpc) is 2.89. The van der Waals surface area contributed by atoms with Crippen molar-refractivity contribution in [2.24, 2.45) is 0 Å². The number of hydrogen-bond donors (Lipinski definition) is 1. The molecule has 0 unspecified atom stereocenters. The van der Waals surface area contributed by atoms with Gasteiger partial charge in [0.05, 0.1) is 0 Å². The number of methoxy groups -OCH3 is 1. The van der Waals surface area contributed by atoms with Crippen LogP contribution in [0.5, 0.6) is 0 Å². The number of amides is 3. The Balaban J connectivity index is 1.56. The number of aryl methyl sites for hydroxylation is 2. The summed E-state index contributed by atoms with van der Waals surface area (Å²) in [5.74, 6) is -0.0154. The second-order valence-corrected chi connectivity index (χ2v) is 6.42. The average molecular weight is 331 g/mol.